The topological polar surface area (TPSA) is 35.5 Å². The Labute approximate surface area is 97.5 Å². The van der Waals surface area contributed by atoms with Crippen molar-refractivity contribution in [3.8, 4) is 11.5 Å². The minimum Gasteiger partial charge on any atom is -0.496 e. The van der Waals surface area contributed by atoms with Gasteiger partial charge in [0, 0.05) is 0 Å². The molecular weight excluding hydrogens is 260 g/mol. The lowest BCUT2D eigenvalue weighted by molar-refractivity contribution is 0.101. The largest absolute Gasteiger partial charge is 0.496 e. The number of ketones is 1. The second-order valence-electron chi connectivity index (χ2n) is 3.17. The summed E-state index contributed by atoms with van der Waals surface area (Å²) in [7, 11) is 3.11. The monoisotopic (exact) mass is 272 g/mol. The van der Waals surface area contributed by atoms with Crippen molar-refractivity contribution < 1.29 is 14.3 Å². The number of aryl methyl sites for hydroxylation is 1. The highest BCUT2D eigenvalue weighted by molar-refractivity contribution is 9.10. The maximum absolute atomic E-state index is 11.5. The van der Waals surface area contributed by atoms with Crippen LogP contribution in [0.15, 0.2) is 10.5 Å². The summed E-state index contributed by atoms with van der Waals surface area (Å²) >= 11 is 3.36. The summed E-state index contributed by atoms with van der Waals surface area (Å²) in [6.45, 7) is 3.40. The SMILES string of the molecule is COc1cc(C)c(OC)c(Br)c1C(C)=O. The quantitative estimate of drug-likeness (QED) is 0.794. The number of rotatable bonds is 3. The van der Waals surface area contributed by atoms with Crippen LogP contribution >= 0.6 is 15.9 Å². The molecule has 0 fully saturated rings. The standard InChI is InChI=1S/C11H13BrO3/c1-6-5-8(14-3)9(7(2)13)10(12)11(6)15-4/h5H,1-4H3. The summed E-state index contributed by atoms with van der Waals surface area (Å²) in [4.78, 5) is 11.5. The molecule has 0 N–H and O–H groups in total. The Morgan fingerprint density at radius 3 is 2.33 bits per heavy atom. The third kappa shape index (κ3) is 2.15. The van der Waals surface area contributed by atoms with Crippen molar-refractivity contribution in [3.63, 3.8) is 0 Å². The van der Waals surface area contributed by atoms with Gasteiger partial charge in [0.25, 0.3) is 0 Å². The molecule has 15 heavy (non-hydrogen) atoms. The van der Waals surface area contributed by atoms with Crippen LogP contribution in [-0.4, -0.2) is 20.0 Å². The van der Waals surface area contributed by atoms with Crippen LogP contribution in [-0.2, 0) is 0 Å². The third-order valence-corrected chi connectivity index (χ3v) is 2.90. The van der Waals surface area contributed by atoms with Crippen molar-refractivity contribution in [3.05, 3.63) is 21.7 Å². The van der Waals surface area contributed by atoms with Crippen LogP contribution in [0.5, 0.6) is 11.5 Å². The number of halogens is 1. The molecule has 0 aliphatic heterocycles. The molecule has 0 aliphatic carbocycles. The molecule has 1 aromatic rings. The van der Waals surface area contributed by atoms with E-state index in [4.69, 9.17) is 9.47 Å². The fourth-order valence-electron chi connectivity index (χ4n) is 1.47. The Balaban J connectivity index is 3.53. The number of hydrogen-bond acceptors (Lipinski definition) is 3. The minimum absolute atomic E-state index is 0.0583. The molecule has 82 valence electrons. The lowest BCUT2D eigenvalue weighted by Crippen LogP contribution is -2.02. The van der Waals surface area contributed by atoms with Gasteiger partial charge in [-0.25, -0.2) is 0 Å². The van der Waals surface area contributed by atoms with Gasteiger partial charge in [-0.05, 0) is 41.4 Å². The van der Waals surface area contributed by atoms with Gasteiger partial charge in [-0.15, -0.1) is 0 Å². The number of Topliss-reactive ketones (excluding diaryl/α,β-unsaturated/α-hetero) is 1. The Morgan fingerprint density at radius 2 is 1.93 bits per heavy atom. The van der Waals surface area contributed by atoms with Crippen LogP contribution < -0.4 is 9.47 Å². The maximum atomic E-state index is 11.5. The summed E-state index contributed by atoms with van der Waals surface area (Å²) in [5.41, 5.74) is 1.44. The second kappa shape index (κ2) is 4.66. The average Bonchev–Trinajstić information content (AvgIpc) is 2.16. The Morgan fingerprint density at radius 1 is 1.33 bits per heavy atom. The molecule has 0 atom stereocenters. The number of ether oxygens (including phenoxy) is 2. The molecule has 4 heteroatoms. The van der Waals surface area contributed by atoms with Crippen molar-refractivity contribution >= 4 is 21.7 Å². The van der Waals surface area contributed by atoms with Gasteiger partial charge < -0.3 is 9.47 Å². The zero-order valence-corrected chi connectivity index (χ0v) is 10.8. The lowest BCUT2D eigenvalue weighted by Gasteiger charge is -2.14. The van der Waals surface area contributed by atoms with Gasteiger partial charge in [-0.1, -0.05) is 0 Å². The molecule has 0 aromatic heterocycles. The van der Waals surface area contributed by atoms with E-state index < -0.39 is 0 Å². The molecular formula is C11H13BrO3. The zero-order valence-electron chi connectivity index (χ0n) is 9.18. The van der Waals surface area contributed by atoms with Crippen molar-refractivity contribution in [1.82, 2.24) is 0 Å². The second-order valence-corrected chi connectivity index (χ2v) is 3.97. The first-order valence-electron chi connectivity index (χ1n) is 4.45. The van der Waals surface area contributed by atoms with E-state index in [9.17, 15) is 4.79 Å². The highest BCUT2D eigenvalue weighted by Crippen LogP contribution is 2.38. The minimum atomic E-state index is -0.0583. The van der Waals surface area contributed by atoms with Crippen molar-refractivity contribution in [2.45, 2.75) is 13.8 Å². The number of benzene rings is 1. The molecule has 0 saturated heterocycles. The predicted molar refractivity (Wildman–Crippen MR) is 62.0 cm³/mol. The van der Waals surface area contributed by atoms with Crippen molar-refractivity contribution in [2.24, 2.45) is 0 Å². The fraction of sp³-hybridized carbons (Fsp3) is 0.364. The van der Waals surface area contributed by atoms with Crippen LogP contribution in [0.1, 0.15) is 22.8 Å². The van der Waals surface area contributed by atoms with Gasteiger partial charge in [0.1, 0.15) is 11.5 Å². The van der Waals surface area contributed by atoms with Crippen molar-refractivity contribution in [1.29, 1.82) is 0 Å². The van der Waals surface area contributed by atoms with Gasteiger partial charge in [0.2, 0.25) is 0 Å². The third-order valence-electron chi connectivity index (χ3n) is 2.15. The maximum Gasteiger partial charge on any atom is 0.164 e. The zero-order chi connectivity index (χ0) is 11.6. The molecule has 0 amide bonds. The van der Waals surface area contributed by atoms with Gasteiger partial charge in [0.15, 0.2) is 5.78 Å². The molecule has 1 aromatic carbocycles. The van der Waals surface area contributed by atoms with E-state index in [-0.39, 0.29) is 5.78 Å². The van der Waals surface area contributed by atoms with E-state index in [1.165, 1.54) is 6.92 Å². The van der Waals surface area contributed by atoms with Crippen LogP contribution in [0, 0.1) is 6.92 Å². The molecule has 0 heterocycles. The Hall–Kier alpha value is -1.03. The summed E-state index contributed by atoms with van der Waals surface area (Å²) in [6.07, 6.45) is 0. The molecule has 1 rings (SSSR count). The molecule has 0 radical (unpaired) electrons. The van der Waals surface area contributed by atoms with E-state index in [2.05, 4.69) is 15.9 Å². The van der Waals surface area contributed by atoms with E-state index in [1.807, 2.05) is 6.92 Å². The molecule has 3 nitrogen and oxygen atoms in total. The molecule has 0 aliphatic rings. The van der Waals surface area contributed by atoms with E-state index >= 15 is 0 Å². The van der Waals surface area contributed by atoms with Gasteiger partial charge in [0.05, 0.1) is 24.3 Å². The first-order chi connectivity index (χ1) is 7.02. The normalized spacial score (nSPS) is 9.93. The smallest absolute Gasteiger partial charge is 0.164 e. The Kier molecular flexibility index (Phi) is 3.74. The highest BCUT2D eigenvalue weighted by Gasteiger charge is 2.18. The van der Waals surface area contributed by atoms with E-state index in [1.54, 1.807) is 20.3 Å². The van der Waals surface area contributed by atoms with Crippen LogP contribution in [0.25, 0.3) is 0 Å². The van der Waals surface area contributed by atoms with Crippen LogP contribution in [0.4, 0.5) is 0 Å². The highest BCUT2D eigenvalue weighted by atomic mass is 79.9. The average molecular weight is 273 g/mol. The number of hydrogen-bond donors (Lipinski definition) is 0. The molecule has 0 unspecified atom stereocenters. The van der Waals surface area contributed by atoms with Crippen LogP contribution in [0.2, 0.25) is 0 Å². The van der Waals surface area contributed by atoms with Crippen molar-refractivity contribution in [2.75, 3.05) is 14.2 Å². The summed E-state index contributed by atoms with van der Waals surface area (Å²) in [5, 5.41) is 0. The van der Waals surface area contributed by atoms with E-state index in [0.717, 1.165) is 5.56 Å². The summed E-state index contributed by atoms with van der Waals surface area (Å²) in [6, 6.07) is 1.79. The predicted octanol–water partition coefficient (Wildman–Crippen LogP) is 2.98. The number of carbonyl (C=O) groups excluding carboxylic acids is 1. The number of carbonyl (C=O) groups is 1. The summed E-state index contributed by atoms with van der Waals surface area (Å²) < 4.78 is 11.0. The van der Waals surface area contributed by atoms with Gasteiger partial charge in [-0.2, -0.15) is 0 Å². The molecule has 0 spiro atoms. The lowest BCUT2D eigenvalue weighted by atomic mass is 10.1. The molecule has 0 bridgehead atoms. The number of methoxy groups -OCH3 is 2. The first-order valence-corrected chi connectivity index (χ1v) is 5.24. The van der Waals surface area contributed by atoms with E-state index in [0.29, 0.717) is 21.5 Å². The Bertz CT molecular complexity index is 399. The summed E-state index contributed by atoms with van der Waals surface area (Å²) in [5.74, 6) is 1.17. The fourth-order valence-corrected chi connectivity index (χ4v) is 2.42. The van der Waals surface area contributed by atoms with Gasteiger partial charge in [-0.3, -0.25) is 4.79 Å². The molecule has 0 saturated carbocycles. The van der Waals surface area contributed by atoms with Crippen LogP contribution in [0.3, 0.4) is 0 Å². The van der Waals surface area contributed by atoms with Gasteiger partial charge >= 0.3 is 0 Å². The first kappa shape index (κ1) is 12.0.